The molecule has 0 bridgehead atoms. The molecule has 0 radical (unpaired) electrons. The number of amides is 2. The summed E-state index contributed by atoms with van der Waals surface area (Å²) in [5, 5.41) is 7.91. The Hall–Kier alpha value is -6.92. The van der Waals surface area contributed by atoms with Crippen LogP contribution in [0.15, 0.2) is 146 Å². The van der Waals surface area contributed by atoms with E-state index in [1.165, 1.54) is 0 Å². The first-order valence-electron chi connectivity index (χ1n) is 18.0. The highest BCUT2D eigenvalue weighted by Gasteiger charge is 2.18. The molecule has 0 spiro atoms. The summed E-state index contributed by atoms with van der Waals surface area (Å²) in [4.78, 5) is 37.5. The number of aryl methyl sites for hydroxylation is 4. The lowest BCUT2D eigenvalue weighted by Crippen LogP contribution is -2.14. The number of carbonyl (C=O) groups excluding carboxylic acids is 2. The van der Waals surface area contributed by atoms with Gasteiger partial charge in [0, 0.05) is 33.3 Å². The number of nitrogens with zero attached hydrogens (tertiary/aromatic N) is 2. The first-order chi connectivity index (χ1) is 26.2. The van der Waals surface area contributed by atoms with Gasteiger partial charge in [-0.25, -0.2) is 9.97 Å². The fraction of sp³-hybridized carbons (Fsp3) is 0.0833. The van der Waals surface area contributed by atoms with Gasteiger partial charge in [-0.1, -0.05) is 96.1 Å². The summed E-state index contributed by atoms with van der Waals surface area (Å²) in [5.74, 6) is -0.385. The number of hydrogen-bond acceptors (Lipinski definition) is 4. The lowest BCUT2D eigenvalue weighted by molar-refractivity contribution is 0.102. The minimum absolute atomic E-state index is 0.192. The summed E-state index contributed by atoms with van der Waals surface area (Å²) in [6, 6.07) is 47.6. The van der Waals surface area contributed by atoms with Crippen LogP contribution in [0.3, 0.4) is 0 Å². The van der Waals surface area contributed by atoms with Crippen LogP contribution in [0.4, 0.5) is 11.4 Å². The highest BCUT2D eigenvalue weighted by molar-refractivity contribution is 6.14. The second-order valence-electron chi connectivity index (χ2n) is 13.9. The van der Waals surface area contributed by atoms with Gasteiger partial charge < -0.3 is 10.6 Å². The molecular formula is C48H38N4O2. The van der Waals surface area contributed by atoms with Crippen LogP contribution in [0.1, 0.15) is 43.0 Å². The molecule has 2 amide bonds. The van der Waals surface area contributed by atoms with E-state index in [1.807, 2.05) is 149 Å². The molecule has 2 aromatic heterocycles. The van der Waals surface area contributed by atoms with Crippen LogP contribution < -0.4 is 10.6 Å². The number of carbonyl (C=O) groups is 2. The van der Waals surface area contributed by atoms with Gasteiger partial charge in [0.1, 0.15) is 0 Å². The van der Waals surface area contributed by atoms with E-state index in [2.05, 4.69) is 34.9 Å². The molecule has 262 valence electrons. The van der Waals surface area contributed by atoms with E-state index in [-0.39, 0.29) is 11.8 Å². The average Bonchev–Trinajstić information content (AvgIpc) is 3.18. The van der Waals surface area contributed by atoms with Crippen molar-refractivity contribution in [2.75, 3.05) is 10.6 Å². The molecule has 8 rings (SSSR count). The Balaban J connectivity index is 1.03. The average molecular weight is 703 g/mol. The molecule has 0 saturated heterocycles. The zero-order chi connectivity index (χ0) is 37.3. The van der Waals surface area contributed by atoms with E-state index in [4.69, 9.17) is 9.97 Å². The first-order valence-corrected chi connectivity index (χ1v) is 18.0. The molecule has 2 heterocycles. The molecular weight excluding hydrogens is 665 g/mol. The normalized spacial score (nSPS) is 11.1. The maximum atomic E-state index is 13.9. The quantitative estimate of drug-likeness (QED) is 0.173. The number of hydrogen-bond donors (Lipinski definition) is 2. The van der Waals surface area contributed by atoms with Gasteiger partial charge in [-0.3, -0.25) is 9.59 Å². The molecule has 0 unspecified atom stereocenters. The van der Waals surface area contributed by atoms with Crippen LogP contribution in [-0.2, 0) is 0 Å². The fourth-order valence-corrected chi connectivity index (χ4v) is 6.98. The van der Waals surface area contributed by atoms with Crippen molar-refractivity contribution in [3.8, 4) is 33.6 Å². The minimum Gasteiger partial charge on any atom is -0.322 e. The third-order valence-corrected chi connectivity index (χ3v) is 9.83. The van der Waals surface area contributed by atoms with E-state index in [1.54, 1.807) is 0 Å². The maximum absolute atomic E-state index is 13.9. The van der Waals surface area contributed by atoms with Crippen LogP contribution in [0.25, 0.3) is 55.4 Å². The van der Waals surface area contributed by atoms with E-state index >= 15 is 0 Å². The molecule has 2 N–H and O–H groups in total. The van der Waals surface area contributed by atoms with Crippen LogP contribution in [0.5, 0.6) is 0 Å². The number of benzene rings is 6. The molecule has 8 aromatic rings. The predicted octanol–water partition coefficient (Wildman–Crippen LogP) is 11.5. The molecule has 0 aliphatic carbocycles. The predicted molar refractivity (Wildman–Crippen MR) is 221 cm³/mol. The number of aromatic nitrogens is 2. The van der Waals surface area contributed by atoms with Crippen LogP contribution in [0.2, 0.25) is 0 Å². The number of rotatable bonds is 7. The molecule has 0 fully saturated rings. The zero-order valence-electron chi connectivity index (χ0n) is 30.6. The minimum atomic E-state index is -0.192. The van der Waals surface area contributed by atoms with E-state index in [0.717, 1.165) is 89.1 Å². The van der Waals surface area contributed by atoms with Gasteiger partial charge in [0.15, 0.2) is 0 Å². The second-order valence-corrected chi connectivity index (χ2v) is 13.9. The van der Waals surface area contributed by atoms with E-state index in [9.17, 15) is 9.59 Å². The summed E-state index contributed by atoms with van der Waals surface area (Å²) in [5.41, 5.74) is 13.7. The number of pyridine rings is 2. The van der Waals surface area contributed by atoms with Gasteiger partial charge in [-0.2, -0.15) is 0 Å². The Morgan fingerprint density at radius 2 is 0.852 bits per heavy atom. The summed E-state index contributed by atoms with van der Waals surface area (Å²) in [7, 11) is 0. The molecule has 6 heteroatoms. The van der Waals surface area contributed by atoms with Crippen molar-refractivity contribution in [3.05, 3.63) is 179 Å². The second kappa shape index (κ2) is 14.2. The van der Waals surface area contributed by atoms with Gasteiger partial charge in [0.25, 0.3) is 11.8 Å². The third-order valence-electron chi connectivity index (χ3n) is 9.83. The van der Waals surface area contributed by atoms with Crippen molar-refractivity contribution in [1.82, 2.24) is 9.97 Å². The van der Waals surface area contributed by atoms with Gasteiger partial charge in [-0.05, 0) is 111 Å². The van der Waals surface area contributed by atoms with Crippen molar-refractivity contribution in [2.45, 2.75) is 27.7 Å². The van der Waals surface area contributed by atoms with Crippen LogP contribution >= 0.6 is 0 Å². The van der Waals surface area contributed by atoms with Crippen molar-refractivity contribution in [1.29, 1.82) is 0 Å². The highest BCUT2D eigenvalue weighted by Crippen LogP contribution is 2.32. The lowest BCUT2D eigenvalue weighted by Gasteiger charge is -2.15. The molecule has 0 aliphatic rings. The molecule has 0 aliphatic heterocycles. The molecule has 54 heavy (non-hydrogen) atoms. The fourth-order valence-electron chi connectivity index (χ4n) is 6.98. The number of para-hydroxylation sites is 2. The van der Waals surface area contributed by atoms with Gasteiger partial charge in [-0.15, -0.1) is 0 Å². The molecule has 0 atom stereocenters. The van der Waals surface area contributed by atoms with Crippen molar-refractivity contribution in [2.24, 2.45) is 0 Å². The molecule has 6 nitrogen and oxygen atoms in total. The third kappa shape index (κ3) is 6.85. The maximum Gasteiger partial charge on any atom is 0.256 e. The summed E-state index contributed by atoms with van der Waals surface area (Å²) in [6.07, 6.45) is 0. The van der Waals surface area contributed by atoms with Gasteiger partial charge >= 0.3 is 0 Å². The Morgan fingerprint density at radius 1 is 0.426 bits per heavy atom. The Kier molecular flexibility index (Phi) is 9.02. The van der Waals surface area contributed by atoms with Crippen LogP contribution in [-0.4, -0.2) is 21.8 Å². The number of fused-ring (bicyclic) bond motifs is 2. The topological polar surface area (TPSA) is 84.0 Å². The van der Waals surface area contributed by atoms with Crippen molar-refractivity contribution >= 4 is 45.0 Å². The zero-order valence-corrected chi connectivity index (χ0v) is 30.6. The largest absolute Gasteiger partial charge is 0.322 e. The van der Waals surface area contributed by atoms with E-state index in [0.29, 0.717) is 11.1 Å². The van der Waals surface area contributed by atoms with Crippen LogP contribution in [0, 0.1) is 27.7 Å². The summed E-state index contributed by atoms with van der Waals surface area (Å²) < 4.78 is 0. The smallest absolute Gasteiger partial charge is 0.256 e. The lowest BCUT2D eigenvalue weighted by atomic mass is 9.99. The monoisotopic (exact) mass is 702 g/mol. The van der Waals surface area contributed by atoms with E-state index < -0.39 is 0 Å². The molecule has 0 saturated carbocycles. The Morgan fingerprint density at radius 3 is 1.26 bits per heavy atom. The summed E-state index contributed by atoms with van der Waals surface area (Å²) in [6.45, 7) is 8.08. The first kappa shape index (κ1) is 34.2. The van der Waals surface area contributed by atoms with Gasteiger partial charge in [0.05, 0.1) is 33.5 Å². The number of anilines is 2. The SMILES string of the molecule is Cc1cccc(-c2cc(C(=O)Nc3ccc(-c4ccc(NC(=O)c5cc(-c6cccc(C)c6)nc6ccccc56)c(C)c4)cc3C)c3ccccc3n2)c1. The van der Waals surface area contributed by atoms with Crippen molar-refractivity contribution < 1.29 is 9.59 Å². The van der Waals surface area contributed by atoms with Crippen molar-refractivity contribution in [3.63, 3.8) is 0 Å². The standard InChI is InChI=1S/C48H38N4O2/c1-29-11-9-13-35(23-29)45-27-39(37-15-5-7-17-43(37)49-45)47(53)51-41-21-19-33(25-31(41)3)34-20-22-42(32(4)26-34)52-48(54)40-28-46(36-14-10-12-30(2)24-36)50-44-18-8-6-16-38(40)44/h5-28H,1-4H3,(H,51,53)(H,52,54). The van der Waals surface area contributed by atoms with Gasteiger partial charge in [0.2, 0.25) is 0 Å². The number of nitrogens with one attached hydrogen (secondary N) is 2. The molecule has 6 aromatic carbocycles. The summed E-state index contributed by atoms with van der Waals surface area (Å²) >= 11 is 0. The Bertz CT molecular complexity index is 2580. The highest BCUT2D eigenvalue weighted by atomic mass is 16.2. The Labute approximate surface area is 314 Å².